The third kappa shape index (κ3) is 4.78. The first-order chi connectivity index (χ1) is 14.5. The molecule has 2 aromatic carbocycles. The van der Waals surface area contributed by atoms with Gasteiger partial charge in [0.05, 0.1) is 6.54 Å². The summed E-state index contributed by atoms with van der Waals surface area (Å²) < 4.78 is 5.44. The van der Waals surface area contributed by atoms with E-state index in [4.69, 9.17) is 9.84 Å². The van der Waals surface area contributed by atoms with Gasteiger partial charge >= 0.3 is 12.1 Å². The standard InChI is InChI=1S/C23H22N2O5/c1-2-20(22(28)24-13-7-12-21(26)27)25-23(29)30-14-19-17-10-5-3-8-15(17)16-9-4-6-11-18(16)19/h3-6,8-11,19-20H,2,13-14H2,1H3,(H,24,28)(H,25,29)(H,26,27)/t20-/m0/s1. The van der Waals surface area contributed by atoms with Crippen LogP contribution in [0.25, 0.3) is 11.1 Å². The fraction of sp³-hybridized carbons (Fsp3) is 0.261. The maximum Gasteiger partial charge on any atom is 0.407 e. The average Bonchev–Trinajstić information content (AvgIpc) is 3.07. The normalized spacial score (nSPS) is 12.6. The van der Waals surface area contributed by atoms with Gasteiger partial charge in [-0.2, -0.15) is 0 Å². The van der Waals surface area contributed by atoms with Crippen molar-refractivity contribution in [3.05, 3.63) is 59.7 Å². The SMILES string of the molecule is CC[C@H](NC(=O)OCC1c2ccccc2-c2ccccc21)C(=O)NCC#CC(=O)O. The fourth-order valence-corrected chi connectivity index (χ4v) is 3.51. The minimum Gasteiger partial charge on any atom is -0.472 e. The number of carbonyl (C=O) groups is 3. The van der Waals surface area contributed by atoms with E-state index in [1.165, 1.54) is 0 Å². The summed E-state index contributed by atoms with van der Waals surface area (Å²) >= 11 is 0. The highest BCUT2D eigenvalue weighted by Crippen LogP contribution is 2.44. The maximum absolute atomic E-state index is 12.3. The average molecular weight is 406 g/mol. The molecule has 154 valence electrons. The summed E-state index contributed by atoms with van der Waals surface area (Å²) in [4.78, 5) is 34.8. The molecule has 2 amide bonds. The zero-order valence-corrected chi connectivity index (χ0v) is 16.5. The second kappa shape index (κ2) is 9.61. The molecule has 0 spiro atoms. The van der Waals surface area contributed by atoms with E-state index in [1.54, 1.807) is 6.92 Å². The van der Waals surface area contributed by atoms with Crippen LogP contribution >= 0.6 is 0 Å². The van der Waals surface area contributed by atoms with Crippen LogP contribution in [0.3, 0.4) is 0 Å². The molecule has 7 heteroatoms. The highest BCUT2D eigenvalue weighted by Gasteiger charge is 2.29. The smallest absolute Gasteiger partial charge is 0.407 e. The Labute approximate surface area is 174 Å². The molecule has 0 saturated carbocycles. The number of hydrogen-bond acceptors (Lipinski definition) is 4. The van der Waals surface area contributed by atoms with Crippen LogP contribution in [0.15, 0.2) is 48.5 Å². The number of alkyl carbamates (subject to hydrolysis) is 1. The predicted octanol–water partition coefficient (Wildman–Crippen LogP) is 2.51. The number of carboxylic acids is 1. The van der Waals surface area contributed by atoms with Crippen LogP contribution < -0.4 is 10.6 Å². The van der Waals surface area contributed by atoms with Crippen LogP contribution in [-0.2, 0) is 14.3 Å². The first-order valence-corrected chi connectivity index (χ1v) is 9.62. The largest absolute Gasteiger partial charge is 0.472 e. The Kier molecular flexibility index (Phi) is 6.71. The summed E-state index contributed by atoms with van der Waals surface area (Å²) in [5.41, 5.74) is 4.48. The van der Waals surface area contributed by atoms with Crippen molar-refractivity contribution in [2.24, 2.45) is 0 Å². The van der Waals surface area contributed by atoms with E-state index in [0.29, 0.717) is 6.42 Å². The molecule has 0 radical (unpaired) electrons. The number of ether oxygens (including phenoxy) is 1. The zero-order valence-electron chi connectivity index (χ0n) is 16.5. The van der Waals surface area contributed by atoms with Crippen molar-refractivity contribution in [3.8, 4) is 23.0 Å². The number of rotatable bonds is 6. The molecule has 0 bridgehead atoms. The minimum atomic E-state index is -1.27. The van der Waals surface area contributed by atoms with Gasteiger partial charge in [-0.25, -0.2) is 9.59 Å². The fourth-order valence-electron chi connectivity index (χ4n) is 3.51. The lowest BCUT2D eigenvalue weighted by atomic mass is 9.98. The molecule has 0 unspecified atom stereocenters. The predicted molar refractivity (Wildman–Crippen MR) is 111 cm³/mol. The van der Waals surface area contributed by atoms with E-state index in [9.17, 15) is 14.4 Å². The van der Waals surface area contributed by atoms with Crippen LogP contribution in [-0.4, -0.2) is 42.3 Å². The first kappa shape index (κ1) is 20.9. The van der Waals surface area contributed by atoms with Gasteiger partial charge in [-0.05, 0) is 28.7 Å². The van der Waals surface area contributed by atoms with E-state index >= 15 is 0 Å². The molecule has 3 rings (SSSR count). The third-order valence-corrected chi connectivity index (χ3v) is 4.91. The van der Waals surface area contributed by atoms with Crippen LogP contribution in [0, 0.1) is 11.8 Å². The van der Waals surface area contributed by atoms with Crippen molar-refractivity contribution in [1.29, 1.82) is 0 Å². The number of hydrogen-bond donors (Lipinski definition) is 3. The first-order valence-electron chi connectivity index (χ1n) is 9.62. The maximum atomic E-state index is 12.3. The lowest BCUT2D eigenvalue weighted by Crippen LogP contribution is -2.46. The molecule has 30 heavy (non-hydrogen) atoms. The van der Waals surface area contributed by atoms with E-state index in [0.717, 1.165) is 22.3 Å². The Balaban J connectivity index is 1.58. The summed E-state index contributed by atoms with van der Waals surface area (Å²) in [6.45, 7) is 1.78. The summed E-state index contributed by atoms with van der Waals surface area (Å²) in [6, 6.07) is 15.3. The van der Waals surface area contributed by atoms with Gasteiger partial charge in [0.15, 0.2) is 0 Å². The van der Waals surface area contributed by atoms with E-state index < -0.39 is 24.0 Å². The summed E-state index contributed by atoms with van der Waals surface area (Å²) in [5, 5.41) is 13.5. The lowest BCUT2D eigenvalue weighted by Gasteiger charge is -2.18. The lowest BCUT2D eigenvalue weighted by molar-refractivity contribution is -0.130. The van der Waals surface area contributed by atoms with Gasteiger partial charge < -0.3 is 20.5 Å². The number of carbonyl (C=O) groups excluding carboxylic acids is 2. The van der Waals surface area contributed by atoms with Crippen molar-refractivity contribution in [3.63, 3.8) is 0 Å². The molecule has 2 aromatic rings. The van der Waals surface area contributed by atoms with Gasteiger partial charge in [0.25, 0.3) is 0 Å². The second-order valence-corrected chi connectivity index (χ2v) is 6.76. The van der Waals surface area contributed by atoms with Crippen LogP contribution in [0.1, 0.15) is 30.4 Å². The molecular weight excluding hydrogens is 384 g/mol. The molecule has 0 saturated heterocycles. The topological polar surface area (TPSA) is 105 Å². The molecule has 0 heterocycles. The molecule has 3 N–H and O–H groups in total. The molecule has 0 aromatic heterocycles. The van der Waals surface area contributed by atoms with Crippen molar-refractivity contribution in [1.82, 2.24) is 10.6 Å². The Bertz CT molecular complexity index is 976. The van der Waals surface area contributed by atoms with Crippen LogP contribution in [0.2, 0.25) is 0 Å². The molecule has 1 atom stereocenters. The molecule has 1 aliphatic carbocycles. The van der Waals surface area contributed by atoms with E-state index in [1.807, 2.05) is 42.3 Å². The molecular formula is C23H22N2O5. The Morgan fingerprint density at radius 3 is 2.23 bits per heavy atom. The second-order valence-electron chi connectivity index (χ2n) is 6.76. The van der Waals surface area contributed by atoms with Gasteiger partial charge in [-0.3, -0.25) is 4.79 Å². The van der Waals surface area contributed by atoms with Crippen molar-refractivity contribution >= 4 is 18.0 Å². The number of carboxylic acid groups (broad SMARTS) is 1. The zero-order chi connectivity index (χ0) is 21.5. The molecule has 7 nitrogen and oxygen atoms in total. The molecule has 0 fully saturated rings. The van der Waals surface area contributed by atoms with Crippen LogP contribution in [0.5, 0.6) is 0 Å². The Morgan fingerprint density at radius 1 is 1.07 bits per heavy atom. The Morgan fingerprint density at radius 2 is 1.67 bits per heavy atom. The molecule has 0 aliphatic heterocycles. The monoisotopic (exact) mass is 406 g/mol. The van der Waals surface area contributed by atoms with Crippen molar-refractivity contribution in [2.45, 2.75) is 25.3 Å². The minimum absolute atomic E-state index is 0.0663. The Hall–Kier alpha value is -3.79. The van der Waals surface area contributed by atoms with E-state index in [2.05, 4.69) is 28.7 Å². The number of fused-ring (bicyclic) bond motifs is 3. The number of aliphatic carboxylic acids is 1. The highest BCUT2D eigenvalue weighted by molar-refractivity contribution is 5.87. The van der Waals surface area contributed by atoms with Crippen molar-refractivity contribution < 1.29 is 24.2 Å². The third-order valence-electron chi connectivity index (χ3n) is 4.91. The van der Waals surface area contributed by atoms with Gasteiger partial charge in [0.2, 0.25) is 5.91 Å². The quantitative estimate of drug-likeness (QED) is 0.640. The van der Waals surface area contributed by atoms with E-state index in [-0.39, 0.29) is 19.1 Å². The van der Waals surface area contributed by atoms with Gasteiger partial charge in [0.1, 0.15) is 12.6 Å². The highest BCUT2D eigenvalue weighted by atomic mass is 16.5. The van der Waals surface area contributed by atoms with Crippen LogP contribution in [0.4, 0.5) is 4.79 Å². The number of amides is 2. The number of benzene rings is 2. The summed E-state index contributed by atoms with van der Waals surface area (Å²) in [7, 11) is 0. The van der Waals surface area contributed by atoms with Crippen molar-refractivity contribution in [2.75, 3.05) is 13.2 Å². The van der Waals surface area contributed by atoms with Gasteiger partial charge in [0, 0.05) is 11.8 Å². The van der Waals surface area contributed by atoms with Gasteiger partial charge in [-0.15, -0.1) is 0 Å². The summed E-state index contributed by atoms with van der Waals surface area (Å²) in [6.07, 6.45) is -0.335. The summed E-state index contributed by atoms with van der Waals surface area (Å²) in [5.74, 6) is 2.42. The molecule has 1 aliphatic rings. The van der Waals surface area contributed by atoms with Gasteiger partial charge in [-0.1, -0.05) is 61.4 Å². The number of nitrogens with one attached hydrogen (secondary N) is 2.